The van der Waals surface area contributed by atoms with Gasteiger partial charge in [0, 0.05) is 26.6 Å². The van der Waals surface area contributed by atoms with Gasteiger partial charge in [0.05, 0.1) is 23.9 Å². The first-order chi connectivity index (χ1) is 19.8. The molecule has 12 heteroatoms. The molecule has 2 heterocycles. The highest BCUT2D eigenvalue weighted by Crippen LogP contribution is 2.32. The number of carbonyl (C=O) groups excluding carboxylic acids is 1. The second-order valence-corrected chi connectivity index (χ2v) is 12.2. The normalized spacial score (nSPS) is 12.2. The van der Waals surface area contributed by atoms with Crippen molar-refractivity contribution >= 4 is 39.2 Å². The van der Waals surface area contributed by atoms with Crippen LogP contribution in [0.3, 0.4) is 0 Å². The van der Waals surface area contributed by atoms with Gasteiger partial charge in [0.15, 0.2) is 5.03 Å². The van der Waals surface area contributed by atoms with Crippen LogP contribution in [0.15, 0.2) is 77.8 Å². The number of sulfonamides is 1. The minimum atomic E-state index is -4.36. The van der Waals surface area contributed by atoms with Gasteiger partial charge in [-0.15, -0.1) is 0 Å². The summed E-state index contributed by atoms with van der Waals surface area (Å²) < 4.78 is 48.3. The van der Waals surface area contributed by atoms with Crippen molar-refractivity contribution in [1.82, 2.24) is 14.7 Å². The van der Waals surface area contributed by atoms with Crippen LogP contribution in [-0.2, 0) is 10.0 Å². The Balaban J connectivity index is 0.00000337. The summed E-state index contributed by atoms with van der Waals surface area (Å²) >= 11 is 6.22. The Morgan fingerprint density at radius 1 is 1.07 bits per heavy atom. The summed E-state index contributed by atoms with van der Waals surface area (Å²) in [6.07, 6.45) is 0. The lowest BCUT2D eigenvalue weighted by atomic mass is 10.1. The quantitative estimate of drug-likeness (QED) is 0.211. The Bertz CT molecular complexity index is 1730. The zero-order valence-corrected chi connectivity index (χ0v) is 25.1. The van der Waals surface area contributed by atoms with Crippen molar-refractivity contribution in [2.75, 3.05) is 24.3 Å². The number of halogens is 2. The van der Waals surface area contributed by atoms with Crippen molar-refractivity contribution < 1.29 is 25.2 Å². The monoisotopic (exact) mass is 615 g/mol. The van der Waals surface area contributed by atoms with Crippen LogP contribution in [0.4, 0.5) is 16.0 Å². The van der Waals surface area contributed by atoms with Crippen LogP contribution in [0.2, 0.25) is 5.02 Å². The molecule has 0 aliphatic heterocycles. The Morgan fingerprint density at radius 3 is 2.50 bits per heavy atom. The summed E-state index contributed by atoms with van der Waals surface area (Å²) in [4.78, 5) is 23.7. The molecule has 0 bridgehead atoms. The molecule has 1 unspecified atom stereocenters. The molecule has 42 heavy (non-hydrogen) atoms. The van der Waals surface area contributed by atoms with Crippen molar-refractivity contribution in [3.8, 4) is 17.0 Å². The molecule has 4 aromatic rings. The third kappa shape index (κ3) is 7.34. The van der Waals surface area contributed by atoms with E-state index in [1.807, 2.05) is 26.8 Å². The minimum Gasteiger partial charge on any atom is -0.493 e. The number of hydrogen-bond donors (Lipinski definition) is 2. The molecule has 0 saturated carbocycles. The maximum atomic E-state index is 14.6. The van der Waals surface area contributed by atoms with E-state index in [1.54, 1.807) is 36.2 Å². The van der Waals surface area contributed by atoms with Crippen LogP contribution < -0.4 is 20.1 Å². The summed E-state index contributed by atoms with van der Waals surface area (Å²) in [5.74, 6) is -0.734. The van der Waals surface area contributed by atoms with Crippen molar-refractivity contribution in [1.29, 1.82) is 0 Å². The summed E-state index contributed by atoms with van der Waals surface area (Å²) in [5, 5.41) is 0.123. The van der Waals surface area contributed by atoms with Crippen LogP contribution in [0.25, 0.3) is 11.3 Å². The summed E-state index contributed by atoms with van der Waals surface area (Å²) in [7, 11) is -2.64. The summed E-state index contributed by atoms with van der Waals surface area (Å²) in [6.45, 7) is 6.25. The molecule has 0 radical (unpaired) electrons. The second-order valence-electron chi connectivity index (χ2n) is 10.1. The Morgan fingerprint density at radius 2 is 1.81 bits per heavy atom. The van der Waals surface area contributed by atoms with Crippen molar-refractivity contribution in [3.63, 3.8) is 0 Å². The number of nitrogens with two attached hydrogens (primary N) is 1. The average molecular weight is 616 g/mol. The molecule has 2 aromatic carbocycles. The van der Waals surface area contributed by atoms with E-state index in [0.717, 1.165) is 5.56 Å². The van der Waals surface area contributed by atoms with Crippen LogP contribution in [-0.4, -0.2) is 37.9 Å². The van der Waals surface area contributed by atoms with Gasteiger partial charge in [-0.2, -0.15) is 8.42 Å². The number of pyridine rings is 2. The number of nitrogens with zero attached hydrogens (tertiary/aromatic N) is 3. The van der Waals surface area contributed by atoms with Crippen molar-refractivity contribution in [2.45, 2.75) is 31.8 Å². The number of hydrogen-bond acceptors (Lipinski definition) is 8. The lowest BCUT2D eigenvalue weighted by molar-refractivity contribution is 0.0981. The van der Waals surface area contributed by atoms with Crippen LogP contribution >= 0.6 is 11.6 Å². The number of amides is 1. The third-order valence-electron chi connectivity index (χ3n) is 6.36. The van der Waals surface area contributed by atoms with E-state index in [-0.39, 0.29) is 32.0 Å². The van der Waals surface area contributed by atoms with Gasteiger partial charge in [-0.1, -0.05) is 43.6 Å². The molecule has 0 saturated heterocycles. The predicted molar refractivity (Wildman–Crippen MR) is 166 cm³/mol. The zero-order chi connectivity index (χ0) is 30.6. The molecule has 0 fully saturated rings. The first-order valence-electron chi connectivity index (χ1n) is 13.1. The van der Waals surface area contributed by atoms with Crippen LogP contribution in [0, 0.1) is 11.7 Å². The van der Waals surface area contributed by atoms with E-state index < -0.39 is 26.8 Å². The van der Waals surface area contributed by atoms with Gasteiger partial charge < -0.3 is 15.4 Å². The van der Waals surface area contributed by atoms with Gasteiger partial charge >= 0.3 is 0 Å². The number of aromatic nitrogens is 2. The van der Waals surface area contributed by atoms with Crippen LogP contribution in [0.5, 0.6) is 5.75 Å². The summed E-state index contributed by atoms with van der Waals surface area (Å²) in [6, 6.07) is 18.1. The molecule has 4 rings (SSSR count). The van der Waals surface area contributed by atoms with Gasteiger partial charge in [-0.3, -0.25) is 4.79 Å². The number of nitrogens with one attached hydrogen (secondary N) is 1. The fourth-order valence-corrected chi connectivity index (χ4v) is 5.24. The van der Waals surface area contributed by atoms with Gasteiger partial charge in [0.1, 0.15) is 23.2 Å². The minimum absolute atomic E-state index is 0. The maximum absolute atomic E-state index is 14.6. The number of nitrogen functional groups attached to an aromatic ring is 1. The number of benzene rings is 2. The molecule has 0 spiro atoms. The molecule has 3 N–H and O–H groups in total. The third-order valence-corrected chi connectivity index (χ3v) is 7.83. The highest BCUT2D eigenvalue weighted by molar-refractivity contribution is 7.90. The number of rotatable bonds is 10. The standard InChI is InChI=1S/C30H31ClFN5O4S.2H2/c1-18(2)17-41-24-15-21(14-23(32)16-24)26-12-11-25(30(38)36-42(39,40)28-10-6-9-27(33)35-28)29(34-26)37(4)19(3)20-7-5-8-22(31)13-20;;/h5-16,18-19H,17H2,1-4H3,(H2,33,35)(H,36,38);2*1H. The average Bonchev–Trinajstić information content (AvgIpc) is 2.94. The fraction of sp³-hybridized carbons (Fsp3) is 0.233. The van der Waals surface area contributed by atoms with E-state index in [9.17, 15) is 17.6 Å². The topological polar surface area (TPSA) is 128 Å². The molecular weight excluding hydrogens is 581 g/mol. The predicted octanol–water partition coefficient (Wildman–Crippen LogP) is 6.36. The Hall–Kier alpha value is -4.22. The van der Waals surface area contributed by atoms with Gasteiger partial charge in [0.25, 0.3) is 15.9 Å². The second kappa shape index (κ2) is 12.7. The van der Waals surface area contributed by atoms with Gasteiger partial charge in [0.2, 0.25) is 0 Å². The molecule has 224 valence electrons. The lowest BCUT2D eigenvalue weighted by Gasteiger charge is -2.28. The molecule has 1 amide bonds. The summed E-state index contributed by atoms with van der Waals surface area (Å²) in [5.41, 5.74) is 7.20. The Labute approximate surface area is 252 Å². The number of anilines is 2. The molecular formula is C30H35ClFN5O4S. The highest BCUT2D eigenvalue weighted by Gasteiger charge is 2.26. The van der Waals surface area contributed by atoms with Gasteiger partial charge in [-0.05, 0) is 66.9 Å². The van der Waals surface area contributed by atoms with E-state index in [4.69, 9.17) is 27.1 Å². The van der Waals surface area contributed by atoms with E-state index >= 15 is 0 Å². The van der Waals surface area contributed by atoms with Crippen LogP contribution in [0.1, 0.15) is 45.6 Å². The Kier molecular flexibility index (Phi) is 9.33. The largest absolute Gasteiger partial charge is 0.493 e. The molecule has 1 atom stereocenters. The molecule has 9 nitrogen and oxygen atoms in total. The van der Waals surface area contributed by atoms with E-state index in [0.29, 0.717) is 28.6 Å². The lowest BCUT2D eigenvalue weighted by Crippen LogP contribution is -2.33. The molecule has 0 aliphatic rings. The maximum Gasteiger partial charge on any atom is 0.281 e. The fourth-order valence-electron chi connectivity index (χ4n) is 4.10. The van der Waals surface area contributed by atoms with Crippen molar-refractivity contribution in [3.05, 3.63) is 94.8 Å². The SMILES string of the molecule is CC(C)COc1cc(F)cc(-c2ccc(C(=O)NS(=O)(=O)c3cccc(N)n3)c(N(C)C(C)c3cccc(Cl)c3)n2)c1.[HH].[HH]. The zero-order valence-electron chi connectivity index (χ0n) is 23.5. The number of carbonyl (C=O) groups is 1. The first kappa shape index (κ1) is 30.7. The van der Waals surface area contributed by atoms with E-state index in [1.165, 1.54) is 42.5 Å². The van der Waals surface area contributed by atoms with Crippen molar-refractivity contribution in [2.24, 2.45) is 5.92 Å². The number of ether oxygens (including phenoxy) is 1. The molecule has 2 aromatic heterocycles. The van der Waals surface area contributed by atoms with Gasteiger partial charge in [-0.25, -0.2) is 19.1 Å². The van der Waals surface area contributed by atoms with E-state index in [2.05, 4.69) is 9.71 Å². The first-order valence-corrected chi connectivity index (χ1v) is 14.9. The molecule has 0 aliphatic carbocycles. The smallest absolute Gasteiger partial charge is 0.281 e. The highest BCUT2D eigenvalue weighted by atomic mass is 35.5.